The van der Waals surface area contributed by atoms with Crippen molar-refractivity contribution in [3.63, 3.8) is 0 Å². The monoisotopic (exact) mass is 234 g/mol. The summed E-state index contributed by atoms with van der Waals surface area (Å²) >= 11 is 0. The summed E-state index contributed by atoms with van der Waals surface area (Å²) < 4.78 is 10.8. The molecule has 1 aromatic rings. The van der Waals surface area contributed by atoms with E-state index < -0.39 is 19.5 Å². The zero-order valence-corrected chi connectivity index (χ0v) is 8.76. The molecule has 0 saturated heterocycles. The Morgan fingerprint density at radius 2 is 2.33 bits per heavy atom. The van der Waals surface area contributed by atoms with Crippen LogP contribution >= 0.6 is 7.60 Å². The summed E-state index contributed by atoms with van der Waals surface area (Å²) in [5.74, 6) is -0.504. The van der Waals surface area contributed by atoms with Crippen molar-refractivity contribution < 1.29 is 19.1 Å². The van der Waals surface area contributed by atoms with Crippen LogP contribution in [-0.4, -0.2) is 31.6 Å². The Balaban J connectivity index is 2.78. The molecule has 0 bridgehead atoms. The van der Waals surface area contributed by atoms with Gasteiger partial charge in [0.25, 0.3) is 5.91 Å². The molecule has 1 aromatic heterocycles. The Labute approximate surface area is 85.2 Å². The Bertz CT molecular complexity index is 409. The molecule has 0 saturated carbocycles. The van der Waals surface area contributed by atoms with Crippen LogP contribution in [0, 0.1) is 0 Å². The number of rotatable bonds is 3. The molecule has 0 aliphatic rings. The first-order chi connectivity index (χ1) is 6.80. The van der Waals surface area contributed by atoms with E-state index in [0.717, 1.165) is 17.2 Å². The van der Waals surface area contributed by atoms with Crippen molar-refractivity contribution in [1.82, 2.24) is 9.89 Å². The molecule has 15 heavy (non-hydrogen) atoms. The predicted molar refractivity (Wildman–Crippen MR) is 51.9 cm³/mol. The minimum atomic E-state index is -4.33. The number of nitrogens with zero attached hydrogens (tertiary/aromatic N) is 2. The molecule has 0 aromatic carbocycles. The normalized spacial score (nSPS) is 13.6. The molecule has 0 aliphatic heterocycles. The number of hydrogen-bond donors (Lipinski definition) is 4. The number of hydrogen-bond acceptors (Lipinski definition) is 4. The fourth-order valence-electron chi connectivity index (χ4n) is 0.740. The molecule has 1 heterocycles. The van der Waals surface area contributed by atoms with Crippen molar-refractivity contribution in [3.8, 4) is 0 Å². The van der Waals surface area contributed by atoms with Crippen molar-refractivity contribution in [3.05, 3.63) is 12.4 Å². The van der Waals surface area contributed by atoms with Crippen LogP contribution in [0.5, 0.6) is 0 Å². The highest BCUT2D eigenvalue weighted by molar-refractivity contribution is 7.60. The van der Waals surface area contributed by atoms with E-state index in [4.69, 9.17) is 15.5 Å². The molecule has 0 radical (unpaired) electrons. The van der Waals surface area contributed by atoms with Crippen molar-refractivity contribution in [2.75, 3.05) is 5.43 Å². The number of amides is 1. The molecule has 0 spiro atoms. The molecule has 0 aliphatic carbocycles. The van der Waals surface area contributed by atoms with Gasteiger partial charge in [-0.05, 0) is 6.92 Å². The molecule has 8 nitrogen and oxygen atoms in total. The summed E-state index contributed by atoms with van der Waals surface area (Å²) in [5, 5.41) is 3.27. The topological polar surface area (TPSA) is 130 Å². The second-order valence-electron chi connectivity index (χ2n) is 2.95. The molecule has 5 N–H and O–H groups in total. The summed E-state index contributed by atoms with van der Waals surface area (Å²) in [5.41, 5.74) is 7.50. The highest BCUT2D eigenvalue weighted by Crippen LogP contribution is 2.32. The minimum absolute atomic E-state index is 0.271. The first kappa shape index (κ1) is 11.9. The quantitative estimate of drug-likeness (QED) is 0.452. The highest BCUT2D eigenvalue weighted by atomic mass is 31.2. The SMILES string of the molecule is C[C@H](N)C(=O)Nn1cc(P(=O)(O)O)cn1. The number of carbonyl (C=O) groups is 1. The van der Waals surface area contributed by atoms with Crippen molar-refractivity contribution in [1.29, 1.82) is 0 Å². The molecular weight excluding hydrogens is 223 g/mol. The predicted octanol–water partition coefficient (Wildman–Crippen LogP) is -1.90. The molecule has 9 heteroatoms. The van der Waals surface area contributed by atoms with Gasteiger partial charge in [0.15, 0.2) is 0 Å². The summed E-state index contributed by atoms with van der Waals surface area (Å²) in [6.07, 6.45) is 2.00. The molecule has 0 unspecified atom stereocenters. The van der Waals surface area contributed by atoms with Crippen molar-refractivity contribution in [2.45, 2.75) is 13.0 Å². The Hall–Kier alpha value is -1.21. The number of nitrogens with two attached hydrogens (primary N) is 1. The van der Waals surface area contributed by atoms with Gasteiger partial charge in [0.2, 0.25) is 0 Å². The van der Waals surface area contributed by atoms with Crippen LogP contribution in [0.3, 0.4) is 0 Å². The van der Waals surface area contributed by atoms with E-state index in [1.54, 1.807) is 0 Å². The smallest absolute Gasteiger partial charge is 0.321 e. The standard InChI is InChI=1S/C6H11N4O4P/c1-4(7)6(11)9-10-3-5(2-8-10)15(12,13)14/h2-4H,7H2,1H3,(H,9,11)(H2,12,13,14)/t4-/m0/s1. The van der Waals surface area contributed by atoms with Crippen molar-refractivity contribution in [2.24, 2.45) is 5.73 Å². The van der Waals surface area contributed by atoms with E-state index in [1.807, 2.05) is 0 Å². The van der Waals surface area contributed by atoms with Gasteiger partial charge in [0, 0.05) is 0 Å². The third-order valence-corrected chi connectivity index (χ3v) is 2.45. The van der Waals surface area contributed by atoms with Gasteiger partial charge in [0.05, 0.1) is 18.4 Å². The third kappa shape index (κ3) is 3.14. The summed E-state index contributed by atoms with van der Waals surface area (Å²) in [6.45, 7) is 1.47. The lowest BCUT2D eigenvalue weighted by atomic mass is 10.4. The average Bonchev–Trinajstić information content (AvgIpc) is 2.51. The summed E-state index contributed by atoms with van der Waals surface area (Å²) in [4.78, 5) is 29.5. The largest absolute Gasteiger partial charge is 0.359 e. The maximum Gasteiger partial charge on any atom is 0.359 e. The third-order valence-electron chi connectivity index (χ3n) is 1.54. The number of aromatic nitrogens is 2. The van der Waals surface area contributed by atoms with Gasteiger partial charge in [-0.1, -0.05) is 0 Å². The van der Waals surface area contributed by atoms with Crippen LogP contribution in [0.25, 0.3) is 0 Å². The second-order valence-corrected chi connectivity index (χ2v) is 4.56. The zero-order valence-electron chi connectivity index (χ0n) is 7.86. The fraction of sp³-hybridized carbons (Fsp3) is 0.333. The number of nitrogens with one attached hydrogen (secondary N) is 1. The average molecular weight is 234 g/mol. The van der Waals surface area contributed by atoms with Crippen LogP contribution in [-0.2, 0) is 9.36 Å². The fourth-order valence-corrected chi connectivity index (χ4v) is 1.20. The summed E-state index contributed by atoms with van der Waals surface area (Å²) in [7, 11) is -4.33. The van der Waals surface area contributed by atoms with Crippen LogP contribution in [0.1, 0.15) is 6.92 Å². The zero-order chi connectivity index (χ0) is 11.6. The first-order valence-corrected chi connectivity index (χ1v) is 5.59. The summed E-state index contributed by atoms with van der Waals surface area (Å²) in [6, 6.07) is -0.729. The lowest BCUT2D eigenvalue weighted by molar-refractivity contribution is -0.118. The minimum Gasteiger partial charge on any atom is -0.321 e. The molecule has 1 rings (SSSR count). The van der Waals surface area contributed by atoms with Gasteiger partial charge < -0.3 is 15.5 Å². The molecule has 1 atom stereocenters. The lowest BCUT2D eigenvalue weighted by Crippen LogP contribution is -2.37. The van der Waals surface area contributed by atoms with Crippen LogP contribution < -0.4 is 16.5 Å². The van der Waals surface area contributed by atoms with Gasteiger partial charge in [-0.25, -0.2) is 5.43 Å². The van der Waals surface area contributed by atoms with E-state index in [0.29, 0.717) is 0 Å². The number of carbonyl (C=O) groups excluding carboxylic acids is 1. The molecule has 1 amide bonds. The van der Waals surface area contributed by atoms with E-state index >= 15 is 0 Å². The van der Waals surface area contributed by atoms with Gasteiger partial charge in [-0.15, -0.1) is 0 Å². The van der Waals surface area contributed by atoms with Crippen molar-refractivity contribution >= 4 is 18.8 Å². The van der Waals surface area contributed by atoms with Crippen LogP contribution in [0.2, 0.25) is 0 Å². The maximum atomic E-state index is 11.1. The van der Waals surface area contributed by atoms with Crippen LogP contribution in [0.15, 0.2) is 12.4 Å². The Kier molecular flexibility index (Phi) is 3.25. The van der Waals surface area contributed by atoms with E-state index in [-0.39, 0.29) is 5.30 Å². The van der Waals surface area contributed by atoms with Crippen LogP contribution in [0.4, 0.5) is 0 Å². The highest BCUT2D eigenvalue weighted by Gasteiger charge is 2.19. The first-order valence-electron chi connectivity index (χ1n) is 3.98. The molecule has 84 valence electrons. The molecule has 0 fully saturated rings. The second kappa shape index (κ2) is 4.11. The Morgan fingerprint density at radius 3 is 2.73 bits per heavy atom. The maximum absolute atomic E-state index is 11.1. The lowest BCUT2D eigenvalue weighted by Gasteiger charge is -2.06. The van der Waals surface area contributed by atoms with E-state index in [1.165, 1.54) is 6.92 Å². The van der Waals surface area contributed by atoms with Gasteiger partial charge >= 0.3 is 7.60 Å². The van der Waals surface area contributed by atoms with E-state index in [9.17, 15) is 9.36 Å². The van der Waals surface area contributed by atoms with Gasteiger partial charge in [0.1, 0.15) is 5.30 Å². The van der Waals surface area contributed by atoms with Gasteiger partial charge in [-0.2, -0.15) is 9.89 Å². The molecular formula is C6H11N4O4P. The van der Waals surface area contributed by atoms with Gasteiger partial charge in [-0.3, -0.25) is 9.36 Å². The Morgan fingerprint density at radius 1 is 1.73 bits per heavy atom. The van der Waals surface area contributed by atoms with E-state index in [2.05, 4.69) is 10.5 Å².